The number of nitrogens with one attached hydrogen (secondary N) is 2. The van der Waals surface area contributed by atoms with E-state index in [1.165, 1.54) is 6.34 Å². The van der Waals surface area contributed by atoms with E-state index in [0.29, 0.717) is 11.4 Å². The number of rotatable bonds is 6. The van der Waals surface area contributed by atoms with Crippen molar-refractivity contribution < 1.29 is 5.11 Å². The summed E-state index contributed by atoms with van der Waals surface area (Å²) in [4.78, 5) is 3.60. The summed E-state index contributed by atoms with van der Waals surface area (Å²) < 4.78 is 0. The zero-order valence-electron chi connectivity index (χ0n) is 9.99. The first kappa shape index (κ1) is 14.4. The largest absolute Gasteiger partial charge is 0.400 e. The van der Waals surface area contributed by atoms with E-state index >= 15 is 0 Å². The molecule has 5 heteroatoms. The fourth-order valence-electron chi connectivity index (χ4n) is 0.863. The molecule has 0 aromatic rings. The van der Waals surface area contributed by atoms with Gasteiger partial charge in [0.1, 0.15) is 6.73 Å². The second-order valence-electron chi connectivity index (χ2n) is 3.37. The van der Waals surface area contributed by atoms with E-state index in [1.807, 2.05) is 26.8 Å². The van der Waals surface area contributed by atoms with Gasteiger partial charge in [0.25, 0.3) is 0 Å². The summed E-state index contributed by atoms with van der Waals surface area (Å²) in [5.74, 6) is 0. The molecule has 1 unspecified atom stereocenters. The Bertz CT molecular complexity index is 318. The molecule has 0 saturated carbocycles. The van der Waals surface area contributed by atoms with E-state index in [1.54, 1.807) is 6.08 Å². The van der Waals surface area contributed by atoms with Crippen molar-refractivity contribution in [1.82, 2.24) is 5.32 Å². The first-order chi connectivity index (χ1) is 7.52. The van der Waals surface area contributed by atoms with Crippen LogP contribution < -0.4 is 11.1 Å². The number of aliphatic hydroxyl groups is 1. The Morgan fingerprint density at radius 1 is 1.62 bits per heavy atom. The minimum absolute atomic E-state index is 0.125. The Morgan fingerprint density at radius 3 is 2.75 bits per heavy atom. The lowest BCUT2D eigenvalue weighted by molar-refractivity contribution is 0.309. The van der Waals surface area contributed by atoms with Crippen LogP contribution in [0, 0.1) is 5.41 Å². The smallest absolute Gasteiger partial charge is 0.135 e. The maximum Gasteiger partial charge on any atom is 0.135 e. The molecule has 5 nitrogen and oxygen atoms in total. The Kier molecular flexibility index (Phi) is 6.87. The fraction of sp³-hybridized carbons (Fsp3) is 0.455. The highest BCUT2D eigenvalue weighted by Gasteiger charge is 2.04. The lowest BCUT2D eigenvalue weighted by Gasteiger charge is -2.12. The zero-order chi connectivity index (χ0) is 12.6. The third kappa shape index (κ3) is 5.31. The first-order valence-electron chi connectivity index (χ1n) is 5.07. The Morgan fingerprint density at radius 2 is 2.25 bits per heavy atom. The van der Waals surface area contributed by atoms with Crippen LogP contribution in [-0.2, 0) is 0 Å². The standard InChI is InChI=1S/C11H20N4O/c1-4-8(2)10(12)5-11(13)9(3)15-6-14-7-16/h4-6,9,12,16H,7,13H2,1-3H3,(H,14,15)/b8-4-,11-5+,12-10?. The molecular weight excluding hydrogens is 204 g/mol. The lowest BCUT2D eigenvalue weighted by Crippen LogP contribution is -2.31. The van der Waals surface area contributed by atoms with Crippen molar-refractivity contribution in [2.75, 3.05) is 6.73 Å². The van der Waals surface area contributed by atoms with E-state index in [9.17, 15) is 0 Å². The molecule has 0 radical (unpaired) electrons. The summed E-state index contributed by atoms with van der Waals surface area (Å²) in [6, 6.07) is -0.125. The van der Waals surface area contributed by atoms with Crippen molar-refractivity contribution in [3.8, 4) is 0 Å². The average molecular weight is 224 g/mol. The molecule has 0 saturated heterocycles. The van der Waals surface area contributed by atoms with Crippen LogP contribution in [0.2, 0.25) is 0 Å². The van der Waals surface area contributed by atoms with Crippen LogP contribution in [0.1, 0.15) is 20.8 Å². The van der Waals surface area contributed by atoms with Gasteiger partial charge in [0.15, 0.2) is 0 Å². The second-order valence-corrected chi connectivity index (χ2v) is 3.37. The quantitative estimate of drug-likeness (QED) is 0.396. The van der Waals surface area contributed by atoms with Crippen LogP contribution in [0.5, 0.6) is 0 Å². The third-order valence-electron chi connectivity index (χ3n) is 2.17. The van der Waals surface area contributed by atoms with Gasteiger partial charge in [-0.15, -0.1) is 0 Å². The summed E-state index contributed by atoms with van der Waals surface area (Å²) in [5.41, 5.74) is 7.62. The molecule has 0 bridgehead atoms. The number of aliphatic hydroxyl groups excluding tert-OH is 1. The van der Waals surface area contributed by atoms with Gasteiger partial charge < -0.3 is 21.6 Å². The summed E-state index contributed by atoms with van der Waals surface area (Å²) in [6.45, 7) is 5.34. The maximum atomic E-state index is 8.44. The van der Waals surface area contributed by atoms with E-state index < -0.39 is 0 Å². The van der Waals surface area contributed by atoms with Crippen molar-refractivity contribution in [3.05, 3.63) is 23.4 Å². The van der Waals surface area contributed by atoms with Crippen molar-refractivity contribution in [2.24, 2.45) is 10.7 Å². The first-order valence-corrected chi connectivity index (χ1v) is 5.07. The molecule has 5 N–H and O–H groups in total. The zero-order valence-corrected chi connectivity index (χ0v) is 9.99. The second kappa shape index (κ2) is 7.64. The number of hydrogen-bond donors (Lipinski definition) is 4. The van der Waals surface area contributed by atoms with Gasteiger partial charge in [-0.3, -0.25) is 0 Å². The maximum absolute atomic E-state index is 8.44. The Labute approximate surface area is 96.3 Å². The van der Waals surface area contributed by atoms with Crippen LogP contribution in [0.15, 0.2) is 28.4 Å². The molecule has 0 rings (SSSR count). The van der Waals surface area contributed by atoms with Crippen LogP contribution in [-0.4, -0.2) is 29.9 Å². The minimum Gasteiger partial charge on any atom is -0.400 e. The molecule has 0 spiro atoms. The Hall–Kier alpha value is -1.62. The number of nitrogens with two attached hydrogens (primary N) is 1. The molecule has 0 aromatic carbocycles. The predicted octanol–water partition coefficient (Wildman–Crippen LogP) is 0.771. The fourth-order valence-corrected chi connectivity index (χ4v) is 0.863. The van der Waals surface area contributed by atoms with Crippen LogP contribution >= 0.6 is 0 Å². The Balaban J connectivity index is 4.42. The average Bonchev–Trinajstić information content (AvgIpc) is 2.27. The topological polar surface area (TPSA) is 94.5 Å². The summed E-state index contributed by atoms with van der Waals surface area (Å²) in [6.07, 6.45) is 4.87. The molecule has 0 aliphatic heterocycles. The van der Waals surface area contributed by atoms with Crippen molar-refractivity contribution in [2.45, 2.75) is 26.8 Å². The molecule has 16 heavy (non-hydrogen) atoms. The van der Waals surface area contributed by atoms with Gasteiger partial charge in [0, 0.05) is 5.70 Å². The molecule has 0 aliphatic carbocycles. The molecule has 0 aromatic heterocycles. The lowest BCUT2D eigenvalue weighted by atomic mass is 10.1. The van der Waals surface area contributed by atoms with E-state index in [4.69, 9.17) is 16.2 Å². The van der Waals surface area contributed by atoms with Gasteiger partial charge in [0.2, 0.25) is 0 Å². The molecule has 1 atom stereocenters. The number of aliphatic imine (C=N–C) groups is 1. The highest BCUT2D eigenvalue weighted by atomic mass is 16.3. The van der Waals surface area contributed by atoms with Crippen LogP contribution in [0.4, 0.5) is 0 Å². The summed E-state index contributed by atoms with van der Waals surface area (Å²) in [7, 11) is 0. The highest BCUT2D eigenvalue weighted by molar-refractivity contribution is 6.06. The summed E-state index contributed by atoms with van der Waals surface area (Å²) in [5, 5.41) is 19.0. The van der Waals surface area contributed by atoms with Crippen molar-refractivity contribution >= 4 is 12.1 Å². The predicted molar refractivity (Wildman–Crippen MR) is 67.6 cm³/mol. The highest BCUT2D eigenvalue weighted by Crippen LogP contribution is 2.00. The number of nitrogens with zero attached hydrogens (tertiary/aromatic N) is 1. The van der Waals surface area contributed by atoms with Crippen LogP contribution in [0.25, 0.3) is 0 Å². The van der Waals surface area contributed by atoms with E-state index in [-0.39, 0.29) is 12.8 Å². The SMILES string of the molecule is C/C=C(/C)C(=N)/C=C(/N)C(C)N/C=N/CO. The van der Waals surface area contributed by atoms with E-state index in [0.717, 1.165) is 5.57 Å². The molecule has 90 valence electrons. The van der Waals surface area contributed by atoms with Crippen LogP contribution in [0.3, 0.4) is 0 Å². The number of allylic oxidation sites excluding steroid dienone is 3. The van der Waals surface area contributed by atoms with Gasteiger partial charge in [-0.2, -0.15) is 0 Å². The molecular formula is C11H20N4O. The van der Waals surface area contributed by atoms with Gasteiger partial charge in [-0.05, 0) is 32.4 Å². The molecule has 0 amide bonds. The van der Waals surface area contributed by atoms with E-state index in [2.05, 4.69) is 10.3 Å². The van der Waals surface area contributed by atoms with Gasteiger partial charge in [-0.1, -0.05) is 6.08 Å². The monoisotopic (exact) mass is 224 g/mol. The normalized spacial score (nSPS) is 15.2. The van der Waals surface area contributed by atoms with Gasteiger partial charge in [-0.25, -0.2) is 4.99 Å². The minimum atomic E-state index is -0.253. The molecule has 0 heterocycles. The summed E-state index contributed by atoms with van der Waals surface area (Å²) >= 11 is 0. The van der Waals surface area contributed by atoms with Gasteiger partial charge >= 0.3 is 0 Å². The number of hydrogen-bond acceptors (Lipinski definition) is 4. The third-order valence-corrected chi connectivity index (χ3v) is 2.17. The van der Waals surface area contributed by atoms with Gasteiger partial charge in [0.05, 0.1) is 18.1 Å². The molecule has 0 fully saturated rings. The van der Waals surface area contributed by atoms with Crippen molar-refractivity contribution in [1.29, 1.82) is 5.41 Å². The molecule has 0 aliphatic rings. The van der Waals surface area contributed by atoms with Crippen molar-refractivity contribution in [3.63, 3.8) is 0 Å².